The Balaban J connectivity index is 3.82. The van der Waals surface area contributed by atoms with Crippen molar-refractivity contribution >= 4 is 5.97 Å². The van der Waals surface area contributed by atoms with Crippen LogP contribution in [0.4, 0.5) is 0 Å². The molecule has 3 nitrogen and oxygen atoms in total. The molecule has 0 saturated heterocycles. The Kier molecular flexibility index (Phi) is 1.91. The Morgan fingerprint density at radius 3 is 2.14 bits per heavy atom. The molecule has 0 atom stereocenters. The lowest BCUT2D eigenvalue weighted by molar-refractivity contribution is -0.132. The van der Waals surface area contributed by atoms with E-state index >= 15 is 0 Å². The second-order valence-electron chi connectivity index (χ2n) is 1.12. The molecular formula is C4H6O3. The molecule has 0 bridgehead atoms. The first kappa shape index (κ1) is 6.01. The highest BCUT2D eigenvalue weighted by atomic mass is 16.4. The van der Waals surface area contributed by atoms with Crippen molar-refractivity contribution in [2.75, 3.05) is 0 Å². The molecule has 0 saturated carbocycles. The molecule has 0 aliphatic carbocycles. The minimum atomic E-state index is -1.09. The zero-order chi connectivity index (χ0) is 5.86. The van der Waals surface area contributed by atoms with Crippen molar-refractivity contribution < 1.29 is 15.0 Å². The minimum Gasteiger partial charge on any atom is -0.515 e. The summed E-state index contributed by atoms with van der Waals surface area (Å²) in [7, 11) is 0. The molecule has 0 aliphatic heterocycles. The first-order valence-corrected chi connectivity index (χ1v) is 1.72. The van der Waals surface area contributed by atoms with E-state index in [1.54, 1.807) is 0 Å². The van der Waals surface area contributed by atoms with Gasteiger partial charge in [-0.15, -0.1) is 0 Å². The monoisotopic (exact) mass is 102 g/mol. The summed E-state index contributed by atoms with van der Waals surface area (Å²) in [6.07, 6.45) is 0.558. The second-order valence-corrected chi connectivity index (χ2v) is 1.12. The third-order valence-electron chi connectivity index (χ3n) is 0.531. The fourth-order valence-electron chi connectivity index (χ4n) is 0.0552. The summed E-state index contributed by atoms with van der Waals surface area (Å²) in [4.78, 5) is 9.70. The van der Waals surface area contributed by atoms with E-state index in [1.807, 2.05) is 0 Å². The molecule has 3 heteroatoms. The molecule has 0 fully saturated rings. The van der Waals surface area contributed by atoms with E-state index in [4.69, 9.17) is 10.2 Å². The molecule has 40 valence electrons. The van der Waals surface area contributed by atoms with Crippen molar-refractivity contribution in [2.45, 2.75) is 6.92 Å². The Morgan fingerprint density at radius 1 is 1.71 bits per heavy atom. The van der Waals surface area contributed by atoms with Gasteiger partial charge < -0.3 is 10.2 Å². The summed E-state index contributed by atoms with van der Waals surface area (Å²) in [6, 6.07) is 0. The van der Waals surface area contributed by atoms with Crippen LogP contribution in [-0.2, 0) is 4.79 Å². The summed E-state index contributed by atoms with van der Waals surface area (Å²) >= 11 is 0. The molecule has 0 unspecified atom stereocenters. The Labute approximate surface area is 40.9 Å². The maximum Gasteiger partial charge on any atom is 0.334 e. The largest absolute Gasteiger partial charge is 0.515 e. The number of carbonyl (C=O) groups is 1. The van der Waals surface area contributed by atoms with E-state index in [0.29, 0.717) is 6.26 Å². The Morgan fingerprint density at radius 2 is 2.14 bits per heavy atom. The van der Waals surface area contributed by atoms with Crippen LogP contribution < -0.4 is 0 Å². The lowest BCUT2D eigenvalue weighted by Gasteiger charge is -1.83. The van der Waals surface area contributed by atoms with Gasteiger partial charge in [-0.1, -0.05) is 0 Å². The zero-order valence-corrected chi connectivity index (χ0v) is 3.88. The zero-order valence-electron chi connectivity index (χ0n) is 3.88. The van der Waals surface area contributed by atoms with Gasteiger partial charge in [0, 0.05) is 0 Å². The number of aliphatic hydroxyl groups is 1. The number of hydrogen-bond donors (Lipinski definition) is 2. The fourth-order valence-corrected chi connectivity index (χ4v) is 0.0552. The molecule has 7 heavy (non-hydrogen) atoms. The van der Waals surface area contributed by atoms with E-state index in [-0.39, 0.29) is 5.57 Å². The van der Waals surface area contributed by atoms with Crippen LogP contribution >= 0.6 is 0 Å². The third-order valence-corrected chi connectivity index (χ3v) is 0.531. The molecule has 0 radical (unpaired) electrons. The van der Waals surface area contributed by atoms with Gasteiger partial charge in [-0.05, 0) is 6.92 Å². The molecule has 0 aromatic carbocycles. The molecule has 0 rings (SSSR count). The summed E-state index contributed by atoms with van der Waals surface area (Å²) in [6.45, 7) is 1.31. The normalized spacial score (nSPS) is 11.3. The van der Waals surface area contributed by atoms with Gasteiger partial charge in [0.05, 0.1) is 11.8 Å². The van der Waals surface area contributed by atoms with E-state index < -0.39 is 5.97 Å². The van der Waals surface area contributed by atoms with Gasteiger partial charge in [0.25, 0.3) is 0 Å². The van der Waals surface area contributed by atoms with Gasteiger partial charge in [-0.25, -0.2) is 4.79 Å². The van der Waals surface area contributed by atoms with Crippen LogP contribution in [0.3, 0.4) is 0 Å². The van der Waals surface area contributed by atoms with Crippen LogP contribution in [0.1, 0.15) is 6.92 Å². The topological polar surface area (TPSA) is 57.5 Å². The summed E-state index contributed by atoms with van der Waals surface area (Å²) in [5.74, 6) is -1.09. The molecule has 0 aromatic rings. The SMILES string of the molecule is C/C(=C/O)C(=O)O. The van der Waals surface area contributed by atoms with Crippen LogP contribution in [0.25, 0.3) is 0 Å². The van der Waals surface area contributed by atoms with Crippen molar-refractivity contribution in [3.63, 3.8) is 0 Å². The molecule has 0 amide bonds. The summed E-state index contributed by atoms with van der Waals surface area (Å²) in [5, 5.41) is 15.9. The van der Waals surface area contributed by atoms with Crippen molar-refractivity contribution in [1.82, 2.24) is 0 Å². The van der Waals surface area contributed by atoms with Crippen LogP contribution in [0.5, 0.6) is 0 Å². The number of hydrogen-bond acceptors (Lipinski definition) is 2. The van der Waals surface area contributed by atoms with Crippen molar-refractivity contribution in [1.29, 1.82) is 0 Å². The smallest absolute Gasteiger partial charge is 0.334 e. The van der Waals surface area contributed by atoms with Gasteiger partial charge in [-0.2, -0.15) is 0 Å². The van der Waals surface area contributed by atoms with Crippen molar-refractivity contribution in [3.8, 4) is 0 Å². The van der Waals surface area contributed by atoms with Crippen LogP contribution in [-0.4, -0.2) is 16.2 Å². The number of aliphatic hydroxyl groups excluding tert-OH is 1. The highest BCUT2D eigenvalue weighted by Gasteiger charge is 1.95. The van der Waals surface area contributed by atoms with E-state index in [1.165, 1.54) is 6.92 Å². The quantitative estimate of drug-likeness (QED) is 0.375. The number of carboxylic acid groups (broad SMARTS) is 1. The maximum absolute atomic E-state index is 9.70. The van der Waals surface area contributed by atoms with Gasteiger partial charge in [0.2, 0.25) is 0 Å². The number of rotatable bonds is 1. The highest BCUT2D eigenvalue weighted by Crippen LogP contribution is 1.86. The van der Waals surface area contributed by atoms with Crippen molar-refractivity contribution in [2.24, 2.45) is 0 Å². The second kappa shape index (κ2) is 2.23. The maximum atomic E-state index is 9.70. The number of aliphatic carboxylic acids is 1. The lowest BCUT2D eigenvalue weighted by atomic mass is 10.4. The molecule has 0 spiro atoms. The van der Waals surface area contributed by atoms with Gasteiger partial charge in [-0.3, -0.25) is 0 Å². The van der Waals surface area contributed by atoms with Gasteiger partial charge >= 0.3 is 5.97 Å². The van der Waals surface area contributed by atoms with Crippen molar-refractivity contribution in [3.05, 3.63) is 11.8 Å². The third kappa shape index (κ3) is 1.81. The summed E-state index contributed by atoms with van der Waals surface area (Å²) < 4.78 is 0. The standard InChI is InChI=1S/C4H6O3/c1-3(2-5)4(6)7/h2,5H,1H3,(H,6,7)/b3-2-. The highest BCUT2D eigenvalue weighted by molar-refractivity contribution is 5.85. The van der Waals surface area contributed by atoms with Crippen LogP contribution in [0, 0.1) is 0 Å². The lowest BCUT2D eigenvalue weighted by Crippen LogP contribution is -1.94. The Hall–Kier alpha value is -0.990. The molecule has 0 heterocycles. The summed E-state index contributed by atoms with van der Waals surface area (Å²) in [5.41, 5.74) is -0.0556. The Bertz CT molecular complexity index is 104. The average Bonchev–Trinajstić information content (AvgIpc) is 1.65. The molecule has 2 N–H and O–H groups in total. The van der Waals surface area contributed by atoms with Gasteiger partial charge in [0.1, 0.15) is 0 Å². The first-order chi connectivity index (χ1) is 3.18. The average molecular weight is 102 g/mol. The van der Waals surface area contributed by atoms with Crippen LogP contribution in [0.15, 0.2) is 11.8 Å². The van der Waals surface area contributed by atoms with Crippen LogP contribution in [0.2, 0.25) is 0 Å². The van der Waals surface area contributed by atoms with Gasteiger partial charge in [0.15, 0.2) is 0 Å². The molecule has 0 aromatic heterocycles. The molecular weight excluding hydrogens is 96.0 g/mol. The van der Waals surface area contributed by atoms with E-state index in [9.17, 15) is 4.79 Å². The molecule has 0 aliphatic rings. The first-order valence-electron chi connectivity index (χ1n) is 1.72. The van der Waals surface area contributed by atoms with E-state index in [2.05, 4.69) is 0 Å². The number of carboxylic acids is 1. The van der Waals surface area contributed by atoms with E-state index in [0.717, 1.165) is 0 Å². The predicted octanol–water partition coefficient (Wildman–Crippen LogP) is 0.533. The fraction of sp³-hybridized carbons (Fsp3) is 0.250. The predicted molar refractivity (Wildman–Crippen MR) is 24.0 cm³/mol. The minimum absolute atomic E-state index is 0.0556.